The minimum Gasteiger partial charge on any atom is -0.506 e. The molecule has 3 rings (SSSR count). The summed E-state index contributed by atoms with van der Waals surface area (Å²) in [5.41, 5.74) is -0.0184. The highest BCUT2D eigenvalue weighted by atomic mass is 16.6. The topological polar surface area (TPSA) is 134 Å². The van der Waals surface area contributed by atoms with E-state index in [4.69, 9.17) is 0 Å². The molecular formula is C24H27N5O5. The van der Waals surface area contributed by atoms with Gasteiger partial charge in [-0.15, -0.1) is 10.2 Å². The lowest BCUT2D eigenvalue weighted by Crippen LogP contribution is -2.25. The molecule has 0 saturated heterocycles. The van der Waals surface area contributed by atoms with Gasteiger partial charge in [0.25, 0.3) is 5.69 Å². The molecule has 10 nitrogen and oxygen atoms in total. The van der Waals surface area contributed by atoms with Crippen LogP contribution in [-0.2, 0) is 0 Å². The lowest BCUT2D eigenvalue weighted by atomic mass is 10.0. The van der Waals surface area contributed by atoms with Crippen LogP contribution in [0, 0.1) is 20.2 Å². The predicted molar refractivity (Wildman–Crippen MR) is 132 cm³/mol. The van der Waals surface area contributed by atoms with E-state index in [2.05, 4.69) is 29.0 Å². The van der Waals surface area contributed by atoms with Gasteiger partial charge in [-0.05, 0) is 18.9 Å². The minimum atomic E-state index is -0.748. The summed E-state index contributed by atoms with van der Waals surface area (Å²) in [6, 6.07) is 12.3. The molecule has 3 aromatic carbocycles. The van der Waals surface area contributed by atoms with Gasteiger partial charge in [0.15, 0.2) is 5.69 Å². The number of hydrogen-bond acceptors (Lipinski definition) is 8. The lowest BCUT2D eigenvalue weighted by Gasteiger charge is -2.27. The van der Waals surface area contributed by atoms with Crippen molar-refractivity contribution in [1.82, 2.24) is 0 Å². The fourth-order valence-electron chi connectivity index (χ4n) is 3.70. The fraction of sp³-hybridized carbons (Fsp3) is 0.333. The van der Waals surface area contributed by atoms with Crippen molar-refractivity contribution in [3.05, 3.63) is 68.8 Å². The van der Waals surface area contributed by atoms with Crippen molar-refractivity contribution in [1.29, 1.82) is 0 Å². The second-order valence-corrected chi connectivity index (χ2v) is 7.89. The number of nitro benzene ring substituents is 2. The number of phenolic OH excluding ortho intramolecular Hbond substituents is 1. The largest absolute Gasteiger partial charge is 0.506 e. The van der Waals surface area contributed by atoms with Crippen LogP contribution in [-0.4, -0.2) is 28.0 Å². The number of nitrogens with zero attached hydrogens (tertiary/aromatic N) is 5. The second kappa shape index (κ2) is 11.2. The Labute approximate surface area is 196 Å². The quantitative estimate of drug-likeness (QED) is 0.181. The van der Waals surface area contributed by atoms with E-state index in [1.165, 1.54) is 6.07 Å². The Morgan fingerprint density at radius 3 is 2.12 bits per heavy atom. The van der Waals surface area contributed by atoms with Gasteiger partial charge >= 0.3 is 5.69 Å². The zero-order chi connectivity index (χ0) is 24.7. The molecule has 1 N–H and O–H groups in total. The number of unbranched alkanes of at least 4 members (excludes halogenated alkanes) is 2. The third-order valence-electron chi connectivity index (χ3n) is 5.50. The van der Waals surface area contributed by atoms with Crippen molar-refractivity contribution < 1.29 is 15.0 Å². The summed E-state index contributed by atoms with van der Waals surface area (Å²) >= 11 is 0. The standard InChI is InChI=1S/C24H27N5O5/c1-3-5-13-27(14-6-4-2)21-16-23(30)24(19-10-8-7-9-18(19)21)26-25-20-12-11-17(28(31)32)15-22(20)29(33)34/h7-12,15-16,30H,3-6,13-14H2,1-2H3. The maximum absolute atomic E-state index is 11.4. The van der Waals surface area contributed by atoms with Crippen molar-refractivity contribution in [2.75, 3.05) is 18.0 Å². The van der Waals surface area contributed by atoms with Crippen LogP contribution >= 0.6 is 0 Å². The van der Waals surface area contributed by atoms with E-state index in [9.17, 15) is 25.3 Å². The third-order valence-corrected chi connectivity index (χ3v) is 5.50. The maximum atomic E-state index is 11.4. The van der Waals surface area contributed by atoms with Gasteiger partial charge in [0.1, 0.15) is 11.4 Å². The lowest BCUT2D eigenvalue weighted by molar-refractivity contribution is -0.393. The molecule has 0 spiro atoms. The Hall–Kier alpha value is -4.08. The number of azo groups is 1. The Balaban J connectivity index is 2.09. The summed E-state index contributed by atoms with van der Waals surface area (Å²) in [6.07, 6.45) is 4.13. The smallest absolute Gasteiger partial charge is 0.303 e. The fourth-order valence-corrected chi connectivity index (χ4v) is 3.70. The van der Waals surface area contributed by atoms with Crippen LogP contribution < -0.4 is 4.90 Å². The zero-order valence-electron chi connectivity index (χ0n) is 19.2. The van der Waals surface area contributed by atoms with Crippen molar-refractivity contribution >= 4 is 39.2 Å². The monoisotopic (exact) mass is 465 g/mol. The van der Waals surface area contributed by atoms with Gasteiger partial charge in [0.05, 0.1) is 15.9 Å². The predicted octanol–water partition coefficient (Wildman–Crippen LogP) is 7.18. The molecule has 0 unspecified atom stereocenters. The molecule has 0 aliphatic carbocycles. The van der Waals surface area contributed by atoms with Crippen LogP contribution in [0.3, 0.4) is 0 Å². The van der Waals surface area contributed by atoms with E-state index in [1.54, 1.807) is 6.07 Å². The van der Waals surface area contributed by atoms with Crippen LogP contribution in [0.15, 0.2) is 58.8 Å². The number of nitro groups is 2. The number of rotatable bonds is 11. The molecule has 0 aromatic heterocycles. The molecule has 0 bridgehead atoms. The number of non-ortho nitro benzene ring substituents is 1. The summed E-state index contributed by atoms with van der Waals surface area (Å²) in [5, 5.41) is 42.9. The molecule has 0 atom stereocenters. The number of fused-ring (bicyclic) bond motifs is 1. The molecule has 178 valence electrons. The third kappa shape index (κ3) is 5.45. The first kappa shape index (κ1) is 24.6. The first-order valence-corrected chi connectivity index (χ1v) is 11.2. The van der Waals surface area contributed by atoms with E-state index in [0.29, 0.717) is 5.39 Å². The molecule has 0 heterocycles. The maximum Gasteiger partial charge on any atom is 0.303 e. The van der Waals surface area contributed by atoms with Crippen LogP contribution in [0.4, 0.5) is 28.4 Å². The molecule has 0 aliphatic heterocycles. The first-order chi connectivity index (χ1) is 16.4. The zero-order valence-corrected chi connectivity index (χ0v) is 19.2. The summed E-state index contributed by atoms with van der Waals surface area (Å²) < 4.78 is 0. The molecule has 0 fully saturated rings. The number of aromatic hydroxyl groups is 1. The molecule has 0 amide bonds. The average Bonchev–Trinajstić information content (AvgIpc) is 2.83. The van der Waals surface area contributed by atoms with E-state index in [0.717, 1.165) is 62.0 Å². The van der Waals surface area contributed by atoms with Gasteiger partial charge in [-0.2, -0.15) is 0 Å². The van der Waals surface area contributed by atoms with Gasteiger partial charge in [-0.3, -0.25) is 20.2 Å². The Morgan fingerprint density at radius 2 is 1.53 bits per heavy atom. The van der Waals surface area contributed by atoms with Crippen LogP contribution in [0.25, 0.3) is 10.8 Å². The number of phenols is 1. The highest BCUT2D eigenvalue weighted by Gasteiger charge is 2.20. The SMILES string of the molecule is CCCCN(CCCC)c1cc(O)c(N=Nc2ccc([N+](=O)[O-])cc2[N+](=O)[O-])c2ccccc12. The average molecular weight is 466 g/mol. The summed E-state index contributed by atoms with van der Waals surface area (Å²) in [7, 11) is 0. The molecule has 34 heavy (non-hydrogen) atoms. The minimum absolute atomic E-state index is 0.0972. The van der Waals surface area contributed by atoms with Gasteiger partial charge in [0, 0.05) is 41.7 Å². The van der Waals surface area contributed by atoms with Gasteiger partial charge in [-0.1, -0.05) is 51.0 Å². The molecule has 3 aromatic rings. The van der Waals surface area contributed by atoms with Crippen molar-refractivity contribution in [3.8, 4) is 5.75 Å². The van der Waals surface area contributed by atoms with Crippen molar-refractivity contribution in [3.63, 3.8) is 0 Å². The first-order valence-electron chi connectivity index (χ1n) is 11.2. The Morgan fingerprint density at radius 1 is 0.882 bits per heavy atom. The van der Waals surface area contributed by atoms with E-state index >= 15 is 0 Å². The second-order valence-electron chi connectivity index (χ2n) is 7.89. The van der Waals surface area contributed by atoms with E-state index in [1.807, 2.05) is 24.3 Å². The molecule has 0 saturated carbocycles. The number of anilines is 1. The Bertz CT molecular complexity index is 1220. The summed E-state index contributed by atoms with van der Waals surface area (Å²) in [5.74, 6) is -0.0972. The van der Waals surface area contributed by atoms with E-state index in [-0.39, 0.29) is 17.1 Å². The molecule has 0 aliphatic rings. The normalized spacial score (nSPS) is 11.2. The Kier molecular flexibility index (Phi) is 8.07. The molecule has 0 radical (unpaired) electrons. The highest BCUT2D eigenvalue weighted by molar-refractivity contribution is 6.03. The molecular weight excluding hydrogens is 438 g/mol. The summed E-state index contributed by atoms with van der Waals surface area (Å²) in [4.78, 5) is 23.2. The summed E-state index contributed by atoms with van der Waals surface area (Å²) in [6.45, 7) is 5.98. The number of hydrogen-bond donors (Lipinski definition) is 1. The highest BCUT2D eigenvalue weighted by Crippen LogP contribution is 2.43. The van der Waals surface area contributed by atoms with Crippen molar-refractivity contribution in [2.24, 2.45) is 10.2 Å². The molecule has 10 heteroatoms. The van der Waals surface area contributed by atoms with E-state index < -0.39 is 21.2 Å². The van der Waals surface area contributed by atoms with Gasteiger partial charge < -0.3 is 10.0 Å². The number of benzene rings is 3. The van der Waals surface area contributed by atoms with Crippen LogP contribution in [0.5, 0.6) is 5.75 Å². The van der Waals surface area contributed by atoms with Crippen molar-refractivity contribution in [2.45, 2.75) is 39.5 Å². The van der Waals surface area contributed by atoms with Crippen LogP contribution in [0.2, 0.25) is 0 Å². The van der Waals surface area contributed by atoms with Gasteiger partial charge in [0.2, 0.25) is 0 Å². The van der Waals surface area contributed by atoms with Gasteiger partial charge in [-0.25, -0.2) is 0 Å². The van der Waals surface area contributed by atoms with Crippen LogP contribution in [0.1, 0.15) is 39.5 Å².